The summed E-state index contributed by atoms with van der Waals surface area (Å²) in [4.78, 5) is 58.7. The summed E-state index contributed by atoms with van der Waals surface area (Å²) in [6.07, 6.45) is -0.908. The summed E-state index contributed by atoms with van der Waals surface area (Å²) in [6, 6.07) is 30.9. The van der Waals surface area contributed by atoms with Crippen molar-refractivity contribution in [1.82, 2.24) is 20.4 Å². The fourth-order valence-electron chi connectivity index (χ4n) is 13.8. The summed E-state index contributed by atoms with van der Waals surface area (Å²) in [5.41, 5.74) is 9.03. The maximum atomic E-state index is 13.7. The number of carbonyl (C=O) groups is 4. The van der Waals surface area contributed by atoms with Crippen LogP contribution >= 0.6 is 23.2 Å². The lowest BCUT2D eigenvalue weighted by molar-refractivity contribution is -0.205. The SMILES string of the molecule is CCOC1OC(=O)C(=O)OC(OCC)C(=O)NC2CCN(CC2)C[C@@]23c4ccccc4[C@@H](c4ccc(Cl)cc42)C32[C@H]3c4ccccc4[C@@]2(CN2CCC(CC2)NC1=O)c1cc(Cl)ccc13. The van der Waals surface area contributed by atoms with E-state index >= 15 is 0 Å². The molecule has 0 radical (unpaired) electrons. The number of benzene rings is 4. The fourth-order valence-corrected chi connectivity index (χ4v) is 14.1. The lowest BCUT2D eigenvalue weighted by Crippen LogP contribution is -2.61. The summed E-state index contributed by atoms with van der Waals surface area (Å²) >= 11 is 14.3. The second-order valence-corrected chi connectivity index (χ2v) is 19.6. The maximum Gasteiger partial charge on any atom is 0.420 e. The fraction of sp³-hybridized carbons (Fsp3) is 0.451. The maximum absolute atomic E-state index is 13.7. The number of nitrogens with zero attached hydrogens (tertiary/aromatic N) is 2. The largest absolute Gasteiger partial charge is 0.420 e. The zero-order valence-corrected chi connectivity index (χ0v) is 38.0. The first-order chi connectivity index (χ1) is 31.5. The predicted octanol–water partition coefficient (Wildman–Crippen LogP) is 6.16. The van der Waals surface area contributed by atoms with Crippen molar-refractivity contribution in [3.63, 3.8) is 0 Å². The average molecular weight is 920 g/mol. The van der Waals surface area contributed by atoms with Gasteiger partial charge in [0.25, 0.3) is 24.4 Å². The monoisotopic (exact) mass is 918 g/mol. The van der Waals surface area contributed by atoms with Gasteiger partial charge in [0.05, 0.1) is 0 Å². The molecule has 2 N–H and O–H groups in total. The molecule has 9 aliphatic rings. The highest BCUT2D eigenvalue weighted by Gasteiger charge is 2.84. The minimum atomic E-state index is -1.71. The van der Waals surface area contributed by atoms with Crippen LogP contribution in [0.5, 0.6) is 0 Å². The van der Waals surface area contributed by atoms with Crippen molar-refractivity contribution in [2.45, 2.75) is 86.9 Å². The van der Waals surface area contributed by atoms with Crippen LogP contribution < -0.4 is 10.6 Å². The Labute approximate surface area is 388 Å². The topological polar surface area (TPSA) is 136 Å². The number of piperidine rings is 2. The Bertz CT molecular complexity index is 2430. The standard InChI is InChI=1S/C51H52Cl2N4O8/c1-3-62-47-43(58)54-31-17-21-56(22-18-31)27-49-37-11-7-5-9-33(37)41(35-15-13-29(52)25-39(35)49)51(49)42-34-10-6-8-12-38(34)50(51,40-26-30(53)14-16-36(40)42)28-57-23-19-32(20-24-57)55-44(59)48(63-4-2)65-46(61)45(60)64-47/h5-16,25-26,31-32,41-42,47-48H,3-4,17-24,27-28H2,1-2H3,(H,54,58)(H,55,59)/t41-,42-,47?,48?,49-,50+,51?/m0/s1. The number of halogens is 2. The quantitative estimate of drug-likeness (QED) is 0.181. The van der Waals surface area contributed by atoms with Crippen LogP contribution in [0.15, 0.2) is 84.9 Å². The average Bonchev–Trinajstić information content (AvgIpc) is 3.90. The Morgan fingerprint density at radius 3 is 1.35 bits per heavy atom. The third-order valence-electron chi connectivity index (χ3n) is 15.8. The second kappa shape index (κ2) is 16.2. The van der Waals surface area contributed by atoms with Gasteiger partial charge in [0, 0.05) is 103 Å². The van der Waals surface area contributed by atoms with Crippen LogP contribution in [-0.4, -0.2) is 111 Å². The van der Waals surface area contributed by atoms with Crippen LogP contribution in [0.4, 0.5) is 0 Å². The number of carbonyl (C=O) groups excluding carboxylic acids is 4. The van der Waals surface area contributed by atoms with E-state index in [1.54, 1.807) is 13.8 Å². The summed E-state index contributed by atoms with van der Waals surface area (Å²) < 4.78 is 21.6. The molecule has 4 aromatic carbocycles. The van der Waals surface area contributed by atoms with E-state index in [1.807, 2.05) is 0 Å². The minimum absolute atomic E-state index is 0.0223. The van der Waals surface area contributed by atoms with E-state index < -0.39 is 52.6 Å². The number of hydrogen-bond donors (Lipinski definition) is 2. The molecule has 3 unspecified atom stereocenters. The number of esters is 2. The highest BCUT2D eigenvalue weighted by atomic mass is 35.5. The Morgan fingerprint density at radius 2 is 0.954 bits per heavy atom. The number of nitrogens with one attached hydrogen (secondary N) is 2. The van der Waals surface area contributed by atoms with Gasteiger partial charge in [-0.2, -0.15) is 0 Å². The first-order valence-electron chi connectivity index (χ1n) is 23.0. The zero-order valence-electron chi connectivity index (χ0n) is 36.4. The van der Waals surface area contributed by atoms with Crippen molar-refractivity contribution < 1.29 is 38.1 Å². The molecule has 4 aliphatic carbocycles. The van der Waals surface area contributed by atoms with Crippen molar-refractivity contribution in [3.8, 4) is 0 Å². The highest BCUT2D eigenvalue weighted by molar-refractivity contribution is 6.31. The molecule has 8 bridgehead atoms. The van der Waals surface area contributed by atoms with E-state index in [2.05, 4.69) is 105 Å². The van der Waals surface area contributed by atoms with Crippen LogP contribution in [0.25, 0.3) is 0 Å². The van der Waals surface area contributed by atoms with Gasteiger partial charge in [0.15, 0.2) is 0 Å². The number of rotatable bonds is 4. The third kappa shape index (κ3) is 6.16. The summed E-state index contributed by atoms with van der Waals surface area (Å²) in [5.74, 6) is -4.26. The minimum Gasteiger partial charge on any atom is -0.417 e. The van der Waals surface area contributed by atoms with E-state index in [0.717, 1.165) is 13.1 Å². The van der Waals surface area contributed by atoms with Crippen molar-refractivity contribution in [1.29, 1.82) is 0 Å². The van der Waals surface area contributed by atoms with Crippen LogP contribution in [0.1, 0.15) is 95.9 Å². The Kier molecular flexibility index (Phi) is 10.7. The molecule has 5 saturated heterocycles. The normalized spacial score (nSPS) is 34.6. The molecular weight excluding hydrogens is 867 g/mol. The molecular formula is C51H52Cl2N4O8. The molecule has 0 aromatic heterocycles. The zero-order chi connectivity index (χ0) is 44.8. The summed E-state index contributed by atoms with van der Waals surface area (Å²) in [7, 11) is 0. The van der Waals surface area contributed by atoms with Gasteiger partial charge in [-0.25, -0.2) is 9.59 Å². The van der Waals surface area contributed by atoms with Crippen LogP contribution in [-0.2, 0) is 49.0 Å². The van der Waals surface area contributed by atoms with Gasteiger partial charge in [0.1, 0.15) is 0 Å². The molecule has 2 amide bonds. The van der Waals surface area contributed by atoms with Crippen LogP contribution in [0.3, 0.4) is 0 Å². The van der Waals surface area contributed by atoms with Crippen molar-refractivity contribution >= 4 is 47.0 Å². The van der Waals surface area contributed by atoms with Gasteiger partial charge in [-0.1, -0.05) is 83.9 Å². The molecule has 14 heteroatoms. The Morgan fingerprint density at radius 1 is 0.569 bits per heavy atom. The van der Waals surface area contributed by atoms with E-state index in [4.69, 9.17) is 42.1 Å². The molecule has 12 nitrogen and oxygen atoms in total. The Hall–Kier alpha value is -4.82. The van der Waals surface area contributed by atoms with Crippen molar-refractivity contribution in [3.05, 3.63) is 139 Å². The molecule has 13 rings (SSSR count). The first-order valence-corrected chi connectivity index (χ1v) is 23.8. The molecule has 0 saturated carbocycles. The molecule has 65 heavy (non-hydrogen) atoms. The smallest absolute Gasteiger partial charge is 0.417 e. The van der Waals surface area contributed by atoms with E-state index in [-0.39, 0.29) is 37.1 Å². The van der Waals surface area contributed by atoms with Gasteiger partial charge in [-0.15, -0.1) is 0 Å². The first kappa shape index (κ1) is 42.8. The van der Waals surface area contributed by atoms with Crippen LogP contribution in [0.2, 0.25) is 10.0 Å². The molecule has 1 spiro atoms. The van der Waals surface area contributed by atoms with Gasteiger partial charge in [-0.3, -0.25) is 9.59 Å². The number of ether oxygens (including phenoxy) is 4. The number of fused-ring (bicyclic) bond motifs is 10. The molecule has 7 atom stereocenters. The third-order valence-corrected chi connectivity index (χ3v) is 16.3. The predicted molar refractivity (Wildman–Crippen MR) is 242 cm³/mol. The highest BCUT2D eigenvalue weighted by Crippen LogP contribution is 2.87. The summed E-state index contributed by atoms with van der Waals surface area (Å²) in [5, 5.41) is 7.48. The lowest BCUT2D eigenvalue weighted by Gasteiger charge is -2.55. The van der Waals surface area contributed by atoms with Gasteiger partial charge in [-0.05, 0) is 108 Å². The molecule has 5 aliphatic heterocycles. The number of amides is 2. The van der Waals surface area contributed by atoms with Gasteiger partial charge < -0.3 is 39.4 Å². The molecule has 338 valence electrons. The molecule has 5 fully saturated rings. The molecule has 4 aromatic rings. The Balaban J connectivity index is 1.08. The summed E-state index contributed by atoms with van der Waals surface area (Å²) in [6.45, 7) is 7.56. The van der Waals surface area contributed by atoms with E-state index in [0.29, 0.717) is 61.9 Å². The van der Waals surface area contributed by atoms with E-state index in [9.17, 15) is 19.2 Å². The van der Waals surface area contributed by atoms with Crippen molar-refractivity contribution in [2.24, 2.45) is 5.41 Å². The second-order valence-electron chi connectivity index (χ2n) is 18.7. The molecule has 5 heterocycles. The number of hydrogen-bond acceptors (Lipinski definition) is 10. The van der Waals surface area contributed by atoms with Gasteiger partial charge >= 0.3 is 11.9 Å². The van der Waals surface area contributed by atoms with Gasteiger partial charge in [0.2, 0.25) is 0 Å². The van der Waals surface area contributed by atoms with Crippen molar-refractivity contribution in [2.75, 3.05) is 52.5 Å². The lowest BCUT2D eigenvalue weighted by atomic mass is 9.49. The van der Waals surface area contributed by atoms with Crippen LogP contribution in [0, 0.1) is 5.41 Å². The van der Waals surface area contributed by atoms with E-state index in [1.165, 1.54) is 44.5 Å².